The summed E-state index contributed by atoms with van der Waals surface area (Å²) in [6.07, 6.45) is 1.97. The molecule has 0 saturated heterocycles. The summed E-state index contributed by atoms with van der Waals surface area (Å²) in [6.45, 7) is 3.45. The largest absolute Gasteiger partial charge is 0.486 e. The number of hydrogen-bond acceptors (Lipinski definition) is 5. The summed E-state index contributed by atoms with van der Waals surface area (Å²) in [5.41, 5.74) is 1.02. The first kappa shape index (κ1) is 16.6. The van der Waals surface area contributed by atoms with Crippen molar-refractivity contribution in [3.63, 3.8) is 0 Å². The smallest absolute Gasteiger partial charge is 0.321 e. The zero-order valence-corrected chi connectivity index (χ0v) is 14.0. The van der Waals surface area contributed by atoms with Gasteiger partial charge < -0.3 is 14.8 Å². The van der Waals surface area contributed by atoms with E-state index < -0.39 is 12.1 Å². The number of amides is 3. The van der Waals surface area contributed by atoms with Crippen LogP contribution in [0, 0.1) is 0 Å². The van der Waals surface area contributed by atoms with E-state index in [1.165, 1.54) is 0 Å². The van der Waals surface area contributed by atoms with Crippen LogP contribution < -0.4 is 20.1 Å². The summed E-state index contributed by atoms with van der Waals surface area (Å²) in [4.78, 5) is 25.7. The fourth-order valence-electron chi connectivity index (χ4n) is 2.48. The molecular weight excluding hydrogens is 310 g/mol. The molecule has 2 aliphatic rings. The maximum atomic E-state index is 12.2. The van der Waals surface area contributed by atoms with E-state index in [1.54, 1.807) is 6.92 Å². The monoisotopic (exact) mass is 333 g/mol. The van der Waals surface area contributed by atoms with E-state index in [0.717, 1.165) is 29.9 Å². The van der Waals surface area contributed by atoms with Gasteiger partial charge in [0, 0.05) is 12.6 Å². The van der Waals surface area contributed by atoms with Crippen molar-refractivity contribution in [3.8, 4) is 11.5 Å². The van der Waals surface area contributed by atoms with E-state index in [9.17, 15) is 9.59 Å². The molecule has 7 nitrogen and oxygen atoms in total. The summed E-state index contributed by atoms with van der Waals surface area (Å²) in [7, 11) is 1.85. The van der Waals surface area contributed by atoms with Crippen LogP contribution in [-0.2, 0) is 11.3 Å². The standard InChI is InChI=1S/C17H23N3O4/c1-11(16(21)19-17(22)18-13-4-5-13)20(2)10-12-3-6-14-15(9-12)24-8-7-23-14/h3,6,9,11,13H,4-5,7-8,10H2,1-2H3,(H2,18,19,21,22). The van der Waals surface area contributed by atoms with Crippen LogP contribution in [0.2, 0.25) is 0 Å². The number of likely N-dealkylation sites (N-methyl/N-ethyl adjacent to an activating group) is 1. The Hall–Kier alpha value is -2.28. The van der Waals surface area contributed by atoms with E-state index in [0.29, 0.717) is 19.8 Å². The molecule has 1 heterocycles. The maximum Gasteiger partial charge on any atom is 0.321 e. The summed E-state index contributed by atoms with van der Waals surface area (Å²) in [5.74, 6) is 1.16. The Bertz CT molecular complexity index is 630. The Kier molecular flexibility index (Phi) is 4.89. The normalized spacial score (nSPS) is 17.3. The van der Waals surface area contributed by atoms with Crippen LogP contribution in [0.15, 0.2) is 18.2 Å². The third kappa shape index (κ3) is 4.17. The number of imide groups is 1. The molecule has 0 aromatic heterocycles. The molecule has 1 fully saturated rings. The fourth-order valence-corrected chi connectivity index (χ4v) is 2.48. The van der Waals surface area contributed by atoms with Crippen LogP contribution in [0.1, 0.15) is 25.3 Å². The van der Waals surface area contributed by atoms with Crippen LogP contribution in [0.5, 0.6) is 11.5 Å². The predicted octanol–water partition coefficient (Wildman–Crippen LogP) is 1.27. The van der Waals surface area contributed by atoms with Gasteiger partial charge in [0.15, 0.2) is 11.5 Å². The molecule has 1 aromatic rings. The van der Waals surface area contributed by atoms with Crippen molar-refractivity contribution in [2.45, 2.75) is 38.4 Å². The highest BCUT2D eigenvalue weighted by molar-refractivity contribution is 5.96. The third-order valence-electron chi connectivity index (χ3n) is 4.23. The van der Waals surface area contributed by atoms with Gasteiger partial charge in [0.1, 0.15) is 13.2 Å². The number of nitrogens with one attached hydrogen (secondary N) is 2. The average molecular weight is 333 g/mol. The van der Waals surface area contributed by atoms with Gasteiger partial charge in [-0.05, 0) is 44.5 Å². The Labute approximate surface area is 141 Å². The van der Waals surface area contributed by atoms with Gasteiger partial charge in [-0.2, -0.15) is 0 Å². The molecule has 0 spiro atoms. The van der Waals surface area contributed by atoms with Gasteiger partial charge >= 0.3 is 6.03 Å². The lowest BCUT2D eigenvalue weighted by Crippen LogP contribution is -2.48. The SMILES string of the molecule is CC(C(=O)NC(=O)NC1CC1)N(C)Cc1ccc2c(c1)OCCO2. The number of urea groups is 1. The average Bonchev–Trinajstić information content (AvgIpc) is 3.37. The molecule has 1 saturated carbocycles. The minimum absolute atomic E-state index is 0.226. The van der Waals surface area contributed by atoms with Gasteiger partial charge in [-0.3, -0.25) is 15.0 Å². The highest BCUT2D eigenvalue weighted by Crippen LogP contribution is 2.31. The van der Waals surface area contributed by atoms with E-state index in [4.69, 9.17) is 9.47 Å². The molecule has 1 aliphatic carbocycles. The predicted molar refractivity (Wildman–Crippen MR) is 88.1 cm³/mol. The van der Waals surface area contributed by atoms with Gasteiger partial charge in [0.25, 0.3) is 0 Å². The van der Waals surface area contributed by atoms with Gasteiger partial charge in [-0.15, -0.1) is 0 Å². The molecule has 1 aliphatic heterocycles. The molecule has 7 heteroatoms. The first-order valence-electron chi connectivity index (χ1n) is 8.23. The Balaban J connectivity index is 1.54. The first-order valence-corrected chi connectivity index (χ1v) is 8.23. The fraction of sp³-hybridized carbons (Fsp3) is 0.529. The Morgan fingerprint density at radius 1 is 1.25 bits per heavy atom. The molecule has 2 N–H and O–H groups in total. The topological polar surface area (TPSA) is 79.9 Å². The zero-order chi connectivity index (χ0) is 17.1. The summed E-state index contributed by atoms with van der Waals surface area (Å²) < 4.78 is 11.1. The van der Waals surface area contributed by atoms with Crippen LogP contribution >= 0.6 is 0 Å². The highest BCUT2D eigenvalue weighted by Gasteiger charge is 2.26. The lowest BCUT2D eigenvalue weighted by molar-refractivity contribution is -0.124. The zero-order valence-electron chi connectivity index (χ0n) is 14.0. The number of hydrogen-bond donors (Lipinski definition) is 2. The van der Waals surface area contributed by atoms with Crippen molar-refractivity contribution in [2.75, 3.05) is 20.3 Å². The molecule has 3 amide bonds. The van der Waals surface area contributed by atoms with Crippen molar-refractivity contribution in [2.24, 2.45) is 0 Å². The lowest BCUT2D eigenvalue weighted by atomic mass is 10.1. The number of benzene rings is 1. The minimum Gasteiger partial charge on any atom is -0.486 e. The number of fused-ring (bicyclic) bond motifs is 1. The Morgan fingerprint density at radius 2 is 1.96 bits per heavy atom. The van der Waals surface area contributed by atoms with Gasteiger partial charge in [0.2, 0.25) is 5.91 Å². The minimum atomic E-state index is -0.428. The number of carbonyl (C=O) groups excluding carboxylic acids is 2. The summed E-state index contributed by atoms with van der Waals surface area (Å²) in [6, 6.07) is 5.14. The van der Waals surface area contributed by atoms with E-state index in [1.807, 2.05) is 30.1 Å². The summed E-state index contributed by atoms with van der Waals surface area (Å²) in [5, 5.41) is 5.13. The highest BCUT2D eigenvalue weighted by atomic mass is 16.6. The van der Waals surface area contributed by atoms with Crippen molar-refractivity contribution in [3.05, 3.63) is 23.8 Å². The molecule has 24 heavy (non-hydrogen) atoms. The van der Waals surface area contributed by atoms with Gasteiger partial charge in [-0.1, -0.05) is 6.07 Å². The molecule has 1 unspecified atom stereocenters. The van der Waals surface area contributed by atoms with Crippen molar-refractivity contribution < 1.29 is 19.1 Å². The third-order valence-corrected chi connectivity index (χ3v) is 4.23. The van der Waals surface area contributed by atoms with E-state index in [2.05, 4.69) is 10.6 Å². The van der Waals surface area contributed by atoms with Gasteiger partial charge in [0.05, 0.1) is 6.04 Å². The first-order chi connectivity index (χ1) is 11.5. The van der Waals surface area contributed by atoms with Crippen molar-refractivity contribution >= 4 is 11.9 Å². The van der Waals surface area contributed by atoms with E-state index in [-0.39, 0.29) is 11.9 Å². The second-order valence-corrected chi connectivity index (χ2v) is 6.31. The molecule has 1 atom stereocenters. The van der Waals surface area contributed by atoms with Crippen LogP contribution in [-0.4, -0.2) is 49.2 Å². The van der Waals surface area contributed by atoms with Crippen molar-refractivity contribution in [1.82, 2.24) is 15.5 Å². The molecule has 3 rings (SSSR count). The Morgan fingerprint density at radius 3 is 2.67 bits per heavy atom. The van der Waals surface area contributed by atoms with Crippen molar-refractivity contribution in [1.29, 1.82) is 0 Å². The van der Waals surface area contributed by atoms with Gasteiger partial charge in [-0.25, -0.2) is 4.79 Å². The quantitative estimate of drug-likeness (QED) is 0.848. The van der Waals surface area contributed by atoms with E-state index >= 15 is 0 Å². The number of carbonyl (C=O) groups is 2. The molecule has 1 aromatic carbocycles. The van der Waals surface area contributed by atoms with Crippen LogP contribution in [0.3, 0.4) is 0 Å². The molecule has 0 bridgehead atoms. The second kappa shape index (κ2) is 7.09. The molecule has 0 radical (unpaired) electrons. The maximum absolute atomic E-state index is 12.2. The number of rotatable bonds is 5. The molecular formula is C17H23N3O4. The summed E-state index contributed by atoms with van der Waals surface area (Å²) >= 11 is 0. The number of ether oxygens (including phenoxy) is 2. The second-order valence-electron chi connectivity index (χ2n) is 6.31. The lowest BCUT2D eigenvalue weighted by Gasteiger charge is -2.25. The van der Waals surface area contributed by atoms with Crippen LogP contribution in [0.4, 0.5) is 4.79 Å². The number of nitrogens with zero attached hydrogens (tertiary/aromatic N) is 1. The molecule has 130 valence electrons. The van der Waals surface area contributed by atoms with Crippen LogP contribution in [0.25, 0.3) is 0 Å².